The lowest BCUT2D eigenvalue weighted by molar-refractivity contribution is 0.369. The topological polar surface area (TPSA) is 12.0 Å². The quantitative estimate of drug-likeness (QED) is 0.874. The Morgan fingerprint density at radius 1 is 1.22 bits per heavy atom. The van der Waals surface area contributed by atoms with Gasteiger partial charge in [-0.05, 0) is 60.9 Å². The van der Waals surface area contributed by atoms with Crippen LogP contribution in [-0.4, -0.2) is 12.6 Å². The highest BCUT2D eigenvalue weighted by atomic mass is 35.5. The van der Waals surface area contributed by atoms with Crippen LogP contribution in [0.25, 0.3) is 0 Å². The third kappa shape index (κ3) is 2.57. The fourth-order valence-electron chi connectivity index (χ4n) is 3.57. The van der Waals surface area contributed by atoms with Gasteiger partial charge >= 0.3 is 0 Å². The van der Waals surface area contributed by atoms with Gasteiger partial charge in [-0.25, -0.2) is 0 Å². The molecule has 0 radical (unpaired) electrons. The second-order valence-corrected chi connectivity index (χ2v) is 6.53. The van der Waals surface area contributed by atoms with Crippen LogP contribution < -0.4 is 5.32 Å². The molecule has 3 unspecified atom stereocenters. The second kappa shape index (κ2) is 5.22. The molecule has 1 saturated carbocycles. The summed E-state index contributed by atoms with van der Waals surface area (Å²) < 4.78 is 0. The molecule has 2 aliphatic carbocycles. The van der Waals surface area contributed by atoms with E-state index in [4.69, 9.17) is 11.6 Å². The number of fused-ring (bicyclic) bond motifs is 1. The van der Waals surface area contributed by atoms with E-state index in [2.05, 4.69) is 24.4 Å². The molecular formula is C16H22ClN. The molecule has 98 valence electrons. The van der Waals surface area contributed by atoms with Gasteiger partial charge in [0, 0.05) is 11.1 Å². The van der Waals surface area contributed by atoms with Crippen molar-refractivity contribution in [3.63, 3.8) is 0 Å². The van der Waals surface area contributed by atoms with Crippen molar-refractivity contribution in [1.82, 2.24) is 5.32 Å². The molecule has 1 fully saturated rings. The van der Waals surface area contributed by atoms with Crippen LogP contribution in [0.4, 0.5) is 0 Å². The molecule has 3 atom stereocenters. The molecule has 0 saturated heterocycles. The molecule has 0 bridgehead atoms. The average Bonchev–Trinajstić information content (AvgIpc) is 2.92. The van der Waals surface area contributed by atoms with Gasteiger partial charge in [-0.1, -0.05) is 37.4 Å². The van der Waals surface area contributed by atoms with Crippen molar-refractivity contribution < 1.29 is 0 Å². The van der Waals surface area contributed by atoms with Crippen molar-refractivity contribution in [3.8, 4) is 0 Å². The molecule has 1 aromatic carbocycles. The van der Waals surface area contributed by atoms with Gasteiger partial charge in [0.05, 0.1) is 0 Å². The number of halogens is 1. The molecule has 3 rings (SSSR count). The molecule has 0 aromatic heterocycles. The molecular weight excluding hydrogens is 242 g/mol. The summed E-state index contributed by atoms with van der Waals surface area (Å²) in [5.74, 6) is 1.81. The van der Waals surface area contributed by atoms with E-state index >= 15 is 0 Å². The summed E-state index contributed by atoms with van der Waals surface area (Å²) in [4.78, 5) is 0. The van der Waals surface area contributed by atoms with Crippen LogP contribution in [0, 0.1) is 11.8 Å². The van der Waals surface area contributed by atoms with E-state index in [1.54, 1.807) is 0 Å². The standard InChI is InChI=1S/C16H22ClN/c1-11-3-2-4-13(11)10-18-16-8-12-5-6-15(17)7-14(12)9-16/h5-7,11,13,16,18H,2-4,8-10H2,1H3. The number of rotatable bonds is 3. The van der Waals surface area contributed by atoms with Crippen molar-refractivity contribution >= 4 is 11.6 Å². The maximum atomic E-state index is 6.05. The van der Waals surface area contributed by atoms with Crippen molar-refractivity contribution in [2.24, 2.45) is 11.8 Å². The van der Waals surface area contributed by atoms with Crippen LogP contribution in [0.5, 0.6) is 0 Å². The summed E-state index contributed by atoms with van der Waals surface area (Å²) >= 11 is 6.05. The Morgan fingerprint density at radius 2 is 2.06 bits per heavy atom. The number of nitrogens with one attached hydrogen (secondary N) is 1. The van der Waals surface area contributed by atoms with Crippen LogP contribution in [0.1, 0.15) is 37.3 Å². The first-order chi connectivity index (χ1) is 8.72. The third-order valence-electron chi connectivity index (χ3n) is 4.81. The first kappa shape index (κ1) is 12.5. The van der Waals surface area contributed by atoms with Crippen molar-refractivity contribution in [2.45, 2.75) is 45.1 Å². The summed E-state index contributed by atoms with van der Waals surface area (Å²) in [5.41, 5.74) is 2.93. The number of hydrogen-bond donors (Lipinski definition) is 1. The van der Waals surface area contributed by atoms with Crippen molar-refractivity contribution in [3.05, 3.63) is 34.3 Å². The lowest BCUT2D eigenvalue weighted by Gasteiger charge is -2.19. The van der Waals surface area contributed by atoms with E-state index in [0.29, 0.717) is 6.04 Å². The van der Waals surface area contributed by atoms with Crippen LogP contribution >= 0.6 is 11.6 Å². The predicted molar refractivity (Wildman–Crippen MR) is 77.2 cm³/mol. The highest BCUT2D eigenvalue weighted by Gasteiger charge is 2.26. The summed E-state index contributed by atoms with van der Waals surface area (Å²) in [7, 11) is 0. The molecule has 2 heteroatoms. The molecule has 1 aromatic rings. The molecule has 0 amide bonds. The Balaban J connectivity index is 1.54. The van der Waals surface area contributed by atoms with Gasteiger partial charge in [0.1, 0.15) is 0 Å². The normalized spacial score (nSPS) is 30.7. The molecule has 0 spiro atoms. The van der Waals surface area contributed by atoms with Gasteiger partial charge in [0.2, 0.25) is 0 Å². The Labute approximate surface area is 115 Å². The first-order valence-corrected chi connectivity index (χ1v) is 7.61. The lowest BCUT2D eigenvalue weighted by atomic mass is 9.98. The van der Waals surface area contributed by atoms with Crippen LogP contribution in [0.3, 0.4) is 0 Å². The number of benzene rings is 1. The maximum Gasteiger partial charge on any atom is 0.0408 e. The third-order valence-corrected chi connectivity index (χ3v) is 5.04. The van der Waals surface area contributed by atoms with Crippen LogP contribution in [0.2, 0.25) is 5.02 Å². The Morgan fingerprint density at radius 3 is 2.83 bits per heavy atom. The first-order valence-electron chi connectivity index (χ1n) is 7.23. The van der Waals surface area contributed by atoms with Gasteiger partial charge in [-0.2, -0.15) is 0 Å². The lowest BCUT2D eigenvalue weighted by Crippen LogP contribution is -2.34. The molecule has 0 heterocycles. The highest BCUT2D eigenvalue weighted by Crippen LogP contribution is 2.31. The zero-order chi connectivity index (χ0) is 12.5. The SMILES string of the molecule is CC1CCCC1CNC1Cc2ccc(Cl)cc2C1. The molecule has 1 N–H and O–H groups in total. The van der Waals surface area contributed by atoms with Crippen LogP contribution in [-0.2, 0) is 12.8 Å². The summed E-state index contributed by atoms with van der Waals surface area (Å²) in [6.45, 7) is 3.61. The zero-order valence-electron chi connectivity index (χ0n) is 11.1. The smallest absolute Gasteiger partial charge is 0.0408 e. The molecule has 0 aliphatic heterocycles. The van der Waals surface area contributed by atoms with Crippen molar-refractivity contribution in [1.29, 1.82) is 0 Å². The molecule has 1 nitrogen and oxygen atoms in total. The summed E-state index contributed by atoms with van der Waals surface area (Å²) in [6.07, 6.45) is 6.59. The summed E-state index contributed by atoms with van der Waals surface area (Å²) in [5, 5.41) is 4.65. The Bertz CT molecular complexity index is 429. The maximum absolute atomic E-state index is 6.05. The van der Waals surface area contributed by atoms with Gasteiger partial charge in [0.25, 0.3) is 0 Å². The average molecular weight is 264 g/mol. The Kier molecular flexibility index (Phi) is 3.63. The van der Waals surface area contributed by atoms with Crippen molar-refractivity contribution in [2.75, 3.05) is 6.54 Å². The van der Waals surface area contributed by atoms with E-state index in [1.807, 2.05) is 6.07 Å². The zero-order valence-corrected chi connectivity index (χ0v) is 11.8. The fourth-order valence-corrected chi connectivity index (χ4v) is 3.77. The van der Waals surface area contributed by atoms with Crippen LogP contribution in [0.15, 0.2) is 18.2 Å². The fraction of sp³-hybridized carbons (Fsp3) is 0.625. The van der Waals surface area contributed by atoms with Gasteiger partial charge < -0.3 is 5.32 Å². The monoisotopic (exact) mass is 263 g/mol. The van der Waals surface area contributed by atoms with E-state index in [-0.39, 0.29) is 0 Å². The highest BCUT2D eigenvalue weighted by molar-refractivity contribution is 6.30. The van der Waals surface area contributed by atoms with E-state index in [9.17, 15) is 0 Å². The molecule has 2 aliphatic rings. The van der Waals surface area contributed by atoms with E-state index < -0.39 is 0 Å². The van der Waals surface area contributed by atoms with E-state index in [0.717, 1.165) is 23.3 Å². The van der Waals surface area contributed by atoms with E-state index in [1.165, 1.54) is 43.4 Å². The minimum Gasteiger partial charge on any atom is -0.313 e. The number of hydrogen-bond acceptors (Lipinski definition) is 1. The Hall–Kier alpha value is -0.530. The van der Waals surface area contributed by atoms with Gasteiger partial charge in [-0.15, -0.1) is 0 Å². The minimum absolute atomic E-state index is 0.631. The largest absolute Gasteiger partial charge is 0.313 e. The summed E-state index contributed by atoms with van der Waals surface area (Å²) in [6, 6.07) is 6.97. The molecule has 18 heavy (non-hydrogen) atoms. The van der Waals surface area contributed by atoms with Gasteiger partial charge in [0.15, 0.2) is 0 Å². The second-order valence-electron chi connectivity index (χ2n) is 6.09. The van der Waals surface area contributed by atoms with Gasteiger partial charge in [-0.3, -0.25) is 0 Å². The predicted octanol–water partition coefficient (Wildman–Crippen LogP) is 3.83. The minimum atomic E-state index is 0.631.